The SMILES string of the molecule is CCN(C(=O)CSc1nnc(C2COc3ccccc3O2)n1C)C1=CCCCC1. The van der Waals surface area contributed by atoms with Gasteiger partial charge in [0, 0.05) is 19.3 Å². The second-order valence-electron chi connectivity index (χ2n) is 7.13. The summed E-state index contributed by atoms with van der Waals surface area (Å²) >= 11 is 1.41. The standard InChI is InChI=1S/C21H26N4O3S/c1-3-25(15-9-5-4-6-10-15)19(26)14-29-21-23-22-20(24(21)2)18-13-27-16-11-7-8-12-17(16)28-18/h7-9,11-12,18H,3-6,10,13-14H2,1-2H3. The third kappa shape index (κ3) is 4.27. The van der Waals surface area contributed by atoms with Gasteiger partial charge in [-0.2, -0.15) is 0 Å². The highest BCUT2D eigenvalue weighted by Gasteiger charge is 2.28. The number of ether oxygens (including phenoxy) is 2. The molecule has 1 aliphatic carbocycles. The van der Waals surface area contributed by atoms with Gasteiger partial charge in [0.2, 0.25) is 5.91 Å². The fraction of sp³-hybridized carbons (Fsp3) is 0.476. The van der Waals surface area contributed by atoms with Crippen molar-refractivity contribution in [2.45, 2.75) is 43.9 Å². The zero-order valence-electron chi connectivity index (χ0n) is 16.8. The fourth-order valence-corrected chi connectivity index (χ4v) is 4.48. The molecule has 4 rings (SSSR count). The van der Waals surface area contributed by atoms with Gasteiger partial charge in [-0.25, -0.2) is 0 Å². The van der Waals surface area contributed by atoms with Crippen molar-refractivity contribution in [3.8, 4) is 11.5 Å². The molecule has 2 aromatic rings. The molecule has 8 heteroatoms. The number of allylic oxidation sites excluding steroid dienone is 2. The van der Waals surface area contributed by atoms with Crippen molar-refractivity contribution in [2.24, 2.45) is 7.05 Å². The maximum atomic E-state index is 12.8. The van der Waals surface area contributed by atoms with Crippen LogP contribution in [0.15, 0.2) is 41.2 Å². The molecule has 0 bridgehead atoms. The molecular weight excluding hydrogens is 388 g/mol. The summed E-state index contributed by atoms with van der Waals surface area (Å²) in [7, 11) is 1.90. The first-order valence-electron chi connectivity index (χ1n) is 10.1. The number of hydrogen-bond donors (Lipinski definition) is 0. The summed E-state index contributed by atoms with van der Waals surface area (Å²) in [5.41, 5.74) is 1.16. The van der Waals surface area contributed by atoms with Crippen LogP contribution in [0.4, 0.5) is 0 Å². The van der Waals surface area contributed by atoms with Crippen LogP contribution in [0.25, 0.3) is 0 Å². The second kappa shape index (κ2) is 8.90. The van der Waals surface area contributed by atoms with Gasteiger partial charge >= 0.3 is 0 Å². The van der Waals surface area contributed by atoms with Crippen molar-refractivity contribution >= 4 is 17.7 Å². The summed E-state index contributed by atoms with van der Waals surface area (Å²) in [5.74, 6) is 2.58. The van der Waals surface area contributed by atoms with Crippen LogP contribution in [-0.2, 0) is 11.8 Å². The molecule has 1 atom stereocenters. The lowest BCUT2D eigenvalue weighted by molar-refractivity contribution is -0.126. The van der Waals surface area contributed by atoms with E-state index >= 15 is 0 Å². The van der Waals surface area contributed by atoms with Gasteiger partial charge in [-0.3, -0.25) is 4.79 Å². The largest absolute Gasteiger partial charge is 0.485 e. The smallest absolute Gasteiger partial charge is 0.237 e. The summed E-state index contributed by atoms with van der Waals surface area (Å²) < 4.78 is 13.7. The molecule has 7 nitrogen and oxygen atoms in total. The summed E-state index contributed by atoms with van der Waals surface area (Å²) in [4.78, 5) is 14.7. The molecule has 1 aliphatic heterocycles. The number of para-hydroxylation sites is 2. The van der Waals surface area contributed by atoms with Crippen molar-refractivity contribution in [1.29, 1.82) is 0 Å². The van der Waals surface area contributed by atoms with Gasteiger partial charge in [-0.1, -0.05) is 30.0 Å². The first-order chi connectivity index (χ1) is 14.2. The van der Waals surface area contributed by atoms with Gasteiger partial charge in [0.05, 0.1) is 5.75 Å². The molecule has 2 aliphatic rings. The molecule has 0 saturated heterocycles. The van der Waals surface area contributed by atoms with Gasteiger partial charge in [-0.05, 0) is 44.7 Å². The van der Waals surface area contributed by atoms with Crippen molar-refractivity contribution < 1.29 is 14.3 Å². The second-order valence-corrected chi connectivity index (χ2v) is 8.07. The zero-order valence-corrected chi connectivity index (χ0v) is 17.7. The Kier molecular flexibility index (Phi) is 6.08. The highest BCUT2D eigenvalue weighted by Crippen LogP contribution is 2.35. The summed E-state index contributed by atoms with van der Waals surface area (Å²) in [5, 5.41) is 9.27. The number of hydrogen-bond acceptors (Lipinski definition) is 6. The summed E-state index contributed by atoms with van der Waals surface area (Å²) in [6.45, 7) is 3.10. The Morgan fingerprint density at radius 3 is 2.86 bits per heavy atom. The van der Waals surface area contributed by atoms with Gasteiger partial charge in [-0.15, -0.1) is 10.2 Å². The number of amides is 1. The summed E-state index contributed by atoms with van der Waals surface area (Å²) in [6.07, 6.45) is 6.29. The minimum absolute atomic E-state index is 0.112. The Hall–Kier alpha value is -2.48. The van der Waals surface area contributed by atoms with Crippen LogP contribution in [0.3, 0.4) is 0 Å². The number of carbonyl (C=O) groups is 1. The average Bonchev–Trinajstić information content (AvgIpc) is 3.13. The zero-order chi connectivity index (χ0) is 20.2. The lowest BCUT2D eigenvalue weighted by Gasteiger charge is -2.26. The average molecular weight is 415 g/mol. The lowest BCUT2D eigenvalue weighted by Crippen LogP contribution is -2.32. The van der Waals surface area contributed by atoms with E-state index in [2.05, 4.69) is 16.3 Å². The lowest BCUT2D eigenvalue weighted by atomic mass is 10.0. The molecule has 1 aromatic heterocycles. The number of aromatic nitrogens is 3. The number of thioether (sulfide) groups is 1. The molecule has 2 heterocycles. The molecule has 1 aromatic carbocycles. The molecular formula is C21H26N4O3S. The number of rotatable bonds is 6. The molecule has 0 fully saturated rings. The Bertz CT molecular complexity index is 911. The van der Waals surface area contributed by atoms with E-state index in [-0.39, 0.29) is 12.0 Å². The summed E-state index contributed by atoms with van der Waals surface area (Å²) in [6, 6.07) is 7.59. The van der Waals surface area contributed by atoms with E-state index < -0.39 is 0 Å². The van der Waals surface area contributed by atoms with E-state index in [4.69, 9.17) is 9.47 Å². The van der Waals surface area contributed by atoms with Crippen LogP contribution in [0.1, 0.15) is 44.5 Å². The Morgan fingerprint density at radius 1 is 1.28 bits per heavy atom. The van der Waals surface area contributed by atoms with Crippen LogP contribution >= 0.6 is 11.8 Å². The van der Waals surface area contributed by atoms with Crippen molar-refractivity contribution in [2.75, 3.05) is 18.9 Å². The quantitative estimate of drug-likeness (QED) is 0.671. The predicted octanol–water partition coefficient (Wildman–Crippen LogP) is 3.73. The Balaban J connectivity index is 1.40. The van der Waals surface area contributed by atoms with E-state index in [1.54, 1.807) is 0 Å². The van der Waals surface area contributed by atoms with Crippen LogP contribution in [-0.4, -0.2) is 44.5 Å². The number of fused-ring (bicyclic) bond motifs is 1. The number of benzene rings is 1. The van der Waals surface area contributed by atoms with Crippen molar-refractivity contribution in [3.05, 3.63) is 41.9 Å². The number of nitrogens with zero attached hydrogens (tertiary/aromatic N) is 4. The van der Waals surface area contributed by atoms with Crippen LogP contribution in [0.2, 0.25) is 0 Å². The molecule has 1 amide bonds. The highest BCUT2D eigenvalue weighted by atomic mass is 32.2. The number of carbonyl (C=O) groups excluding carboxylic acids is 1. The molecule has 1 unspecified atom stereocenters. The maximum Gasteiger partial charge on any atom is 0.237 e. The molecule has 0 saturated carbocycles. The van der Waals surface area contributed by atoms with Gasteiger partial charge in [0.1, 0.15) is 6.61 Å². The van der Waals surface area contributed by atoms with Crippen molar-refractivity contribution in [3.63, 3.8) is 0 Å². The molecule has 154 valence electrons. The predicted molar refractivity (Wildman–Crippen MR) is 111 cm³/mol. The van der Waals surface area contributed by atoms with Crippen molar-refractivity contribution in [1.82, 2.24) is 19.7 Å². The Labute approximate surface area is 175 Å². The van der Waals surface area contributed by atoms with Gasteiger partial charge in [0.25, 0.3) is 0 Å². The monoisotopic (exact) mass is 414 g/mol. The Morgan fingerprint density at radius 2 is 2.10 bits per heavy atom. The molecule has 0 spiro atoms. The molecule has 29 heavy (non-hydrogen) atoms. The molecule has 0 radical (unpaired) electrons. The van der Waals surface area contributed by atoms with Crippen LogP contribution < -0.4 is 9.47 Å². The minimum Gasteiger partial charge on any atom is -0.485 e. The third-order valence-corrected chi connectivity index (χ3v) is 6.23. The first-order valence-corrected chi connectivity index (χ1v) is 11.1. The highest BCUT2D eigenvalue weighted by molar-refractivity contribution is 7.99. The van der Waals surface area contributed by atoms with E-state index in [0.29, 0.717) is 35.6 Å². The van der Waals surface area contributed by atoms with Gasteiger partial charge < -0.3 is 18.9 Å². The van der Waals surface area contributed by atoms with Crippen LogP contribution in [0.5, 0.6) is 11.5 Å². The molecule has 0 N–H and O–H groups in total. The minimum atomic E-state index is -0.327. The maximum absolute atomic E-state index is 12.8. The van der Waals surface area contributed by atoms with E-state index in [1.807, 2.05) is 47.7 Å². The van der Waals surface area contributed by atoms with Crippen LogP contribution in [0, 0.1) is 0 Å². The fourth-order valence-electron chi connectivity index (χ4n) is 3.69. The first kappa shape index (κ1) is 19.8. The normalized spacial score (nSPS) is 18.3. The van der Waals surface area contributed by atoms with Gasteiger partial charge in [0.15, 0.2) is 28.6 Å². The topological polar surface area (TPSA) is 69.5 Å². The van der Waals surface area contributed by atoms with E-state index in [9.17, 15) is 4.79 Å². The van der Waals surface area contributed by atoms with E-state index in [1.165, 1.54) is 18.2 Å². The third-order valence-electron chi connectivity index (χ3n) is 5.22. The van der Waals surface area contributed by atoms with E-state index in [0.717, 1.165) is 30.7 Å².